The molecule has 2 aliphatic rings. The van der Waals surface area contributed by atoms with Crippen molar-refractivity contribution in [2.45, 2.75) is 49.9 Å². The van der Waals surface area contributed by atoms with Crippen LogP contribution in [-0.4, -0.2) is 80.2 Å². The number of nitrogen functional groups attached to an aromatic ring is 2. The van der Waals surface area contributed by atoms with Crippen LogP contribution < -0.4 is 21.9 Å². The van der Waals surface area contributed by atoms with Crippen molar-refractivity contribution in [2.24, 2.45) is 0 Å². The third-order valence-electron chi connectivity index (χ3n) is 6.62. The van der Waals surface area contributed by atoms with Crippen molar-refractivity contribution in [1.29, 1.82) is 0 Å². The van der Waals surface area contributed by atoms with Gasteiger partial charge >= 0.3 is 18.4 Å². The van der Waals surface area contributed by atoms with E-state index in [2.05, 4.69) is 37.2 Å². The average molecular weight is 712 g/mol. The number of rotatable bonds is 9. The van der Waals surface area contributed by atoms with Gasteiger partial charge in [0.05, 0.1) is 19.0 Å². The lowest BCUT2D eigenvalue weighted by molar-refractivity contribution is -0.133. The van der Waals surface area contributed by atoms with Gasteiger partial charge in [0.2, 0.25) is 5.95 Å². The highest BCUT2D eigenvalue weighted by Gasteiger charge is 2.45. The molecule has 20 nitrogen and oxygen atoms in total. The van der Waals surface area contributed by atoms with Crippen LogP contribution in [0.5, 0.6) is 0 Å². The van der Waals surface area contributed by atoms with Gasteiger partial charge in [0.1, 0.15) is 41.5 Å². The number of aliphatic hydroxyl groups is 1. The largest absolute Gasteiger partial charge is 0.388 e. The number of nitrogens with one attached hydrogen (secondary N) is 1. The van der Waals surface area contributed by atoms with Crippen molar-refractivity contribution in [3.8, 4) is 0 Å². The molecular weight excluding hydrogens is 688 g/mol. The molecule has 4 aromatic heterocycles. The Morgan fingerprint density at radius 2 is 1.93 bits per heavy atom. The number of aromatic nitrogens is 7. The van der Waals surface area contributed by atoms with E-state index in [1.165, 1.54) is 21.8 Å². The summed E-state index contributed by atoms with van der Waals surface area (Å²) in [5, 5.41) is 10.6. The molecule has 8 atom stereocenters. The topological polar surface area (TPSA) is 287 Å². The number of hydrogen-bond donors (Lipinski definition) is 7. The summed E-state index contributed by atoms with van der Waals surface area (Å²) in [7, 11) is 0. The zero-order valence-corrected chi connectivity index (χ0v) is 26.2. The van der Waals surface area contributed by atoms with Gasteiger partial charge in [-0.15, -0.1) is 0 Å². The number of hydrogen-bond acceptors (Lipinski definition) is 17. The number of aliphatic hydroxyl groups excluding tert-OH is 1. The van der Waals surface area contributed by atoms with Crippen molar-refractivity contribution in [3.63, 3.8) is 0 Å². The first kappa shape index (κ1) is 31.6. The molecule has 2 aliphatic heterocycles. The number of fused-ring (bicyclic) bond motifs is 2. The average Bonchev–Trinajstić information content (AvgIpc) is 3.67. The van der Waals surface area contributed by atoms with E-state index in [4.69, 9.17) is 46.3 Å². The fourth-order valence-corrected chi connectivity index (χ4v) is 7.86. The maximum atomic E-state index is 12.8. The van der Waals surface area contributed by atoms with E-state index >= 15 is 0 Å². The van der Waals surface area contributed by atoms with Crippen molar-refractivity contribution < 1.29 is 42.5 Å². The second-order valence-electron chi connectivity index (χ2n) is 9.56. The first-order valence-corrected chi connectivity index (χ1v) is 18.6. The molecule has 4 aromatic rings. The first-order valence-electron chi connectivity index (χ1n) is 12.4. The molecule has 0 aliphatic carbocycles. The van der Waals surface area contributed by atoms with Crippen LogP contribution in [0.2, 0.25) is 0 Å². The molecule has 2 fully saturated rings. The van der Waals surface area contributed by atoms with E-state index in [9.17, 15) is 29.0 Å². The lowest BCUT2D eigenvalue weighted by atomic mass is 10.2. The molecule has 0 aromatic carbocycles. The Bertz CT molecular complexity index is 1950. The number of nitrogens with zero attached hydrogens (tertiary/aromatic N) is 6. The van der Waals surface area contributed by atoms with E-state index in [1.54, 1.807) is 0 Å². The Morgan fingerprint density at radius 3 is 2.68 bits per heavy atom. The molecular formula is C19H23N9O11P2S3. The number of thiazole rings is 1. The molecule has 238 valence electrons. The molecule has 4 unspecified atom stereocenters. The summed E-state index contributed by atoms with van der Waals surface area (Å²) >= 11 is 9.49. The summed E-state index contributed by atoms with van der Waals surface area (Å²) in [5.74, 6) is -0.0742. The normalized spacial score (nSPS) is 28.5. The molecule has 6 rings (SSSR count). The van der Waals surface area contributed by atoms with Gasteiger partial charge in [-0.25, -0.2) is 19.5 Å². The molecule has 25 heteroatoms. The van der Waals surface area contributed by atoms with Gasteiger partial charge in [0, 0.05) is 12.8 Å². The van der Waals surface area contributed by atoms with Gasteiger partial charge in [-0.2, -0.15) is 4.98 Å². The molecule has 0 saturated carbocycles. The smallest absolute Gasteiger partial charge is 0.383 e. The van der Waals surface area contributed by atoms with Gasteiger partial charge in [-0.3, -0.25) is 32.8 Å². The number of ether oxygens (including phenoxy) is 2. The molecule has 8 N–H and O–H groups in total. The number of anilines is 2. The summed E-state index contributed by atoms with van der Waals surface area (Å²) in [5.41, 5.74) is 11.2. The zero-order chi connectivity index (χ0) is 31.6. The number of nitrogens with two attached hydrogens (primary N) is 2. The summed E-state index contributed by atoms with van der Waals surface area (Å²) in [6.45, 7) is -9.07. The summed E-state index contributed by atoms with van der Waals surface area (Å²) in [6, 6.07) is 0. The van der Waals surface area contributed by atoms with Crippen LogP contribution in [0.4, 0.5) is 11.8 Å². The Hall–Kier alpha value is -2.37. The third kappa shape index (κ3) is 6.33. The van der Waals surface area contributed by atoms with Crippen LogP contribution in [0.3, 0.4) is 0 Å². The molecule has 0 spiro atoms. The SMILES string of the molecule is Nc1nc2c(ncn2[C@H]2CC(O)[C@@H](OP(O)(=S)OC3C[C@H](n4c(=O)sc5c(N)ncnc54)O[C@@H]3COP(=O)(O)S)O2)c(=O)[nH]1. The summed E-state index contributed by atoms with van der Waals surface area (Å²) in [4.78, 5) is 63.4. The van der Waals surface area contributed by atoms with E-state index in [1.807, 2.05) is 0 Å². The van der Waals surface area contributed by atoms with Crippen LogP contribution in [0.25, 0.3) is 21.5 Å². The Morgan fingerprint density at radius 1 is 1.16 bits per heavy atom. The predicted molar refractivity (Wildman–Crippen MR) is 159 cm³/mol. The number of thiol groups is 1. The lowest BCUT2D eigenvalue weighted by Crippen LogP contribution is -2.30. The van der Waals surface area contributed by atoms with Crippen LogP contribution >= 0.6 is 37.1 Å². The number of H-pyrrole nitrogens is 1. The number of imidazole rings is 1. The minimum absolute atomic E-state index is 0.0124. The molecule has 0 radical (unpaired) electrons. The van der Waals surface area contributed by atoms with Crippen LogP contribution in [0, 0.1) is 0 Å². The van der Waals surface area contributed by atoms with E-state index in [0.29, 0.717) is 4.70 Å². The lowest BCUT2D eigenvalue weighted by Gasteiger charge is -2.26. The number of aromatic amines is 1. The highest BCUT2D eigenvalue weighted by molar-refractivity contribution is 8.44. The highest BCUT2D eigenvalue weighted by Crippen LogP contribution is 2.53. The first-order chi connectivity index (χ1) is 20.7. The quantitative estimate of drug-likeness (QED) is 0.0867. The fraction of sp³-hybridized carbons (Fsp3) is 0.474. The minimum Gasteiger partial charge on any atom is -0.388 e. The van der Waals surface area contributed by atoms with E-state index in [0.717, 1.165) is 11.3 Å². The maximum absolute atomic E-state index is 12.8. The second kappa shape index (κ2) is 11.8. The summed E-state index contributed by atoms with van der Waals surface area (Å²) in [6.07, 6.45) is -4.84. The predicted octanol–water partition coefficient (Wildman–Crippen LogP) is -0.291. The van der Waals surface area contributed by atoms with E-state index < -0.39 is 67.6 Å². The Kier molecular flexibility index (Phi) is 8.45. The molecule has 0 bridgehead atoms. The van der Waals surface area contributed by atoms with Crippen molar-refractivity contribution >= 4 is 82.2 Å². The molecule has 44 heavy (non-hydrogen) atoms. The second-order valence-corrected chi connectivity index (χ2v) is 16.0. The van der Waals surface area contributed by atoms with Crippen LogP contribution in [0.1, 0.15) is 25.3 Å². The monoisotopic (exact) mass is 711 g/mol. The Balaban J connectivity index is 1.20. The van der Waals surface area contributed by atoms with Crippen LogP contribution in [0.15, 0.2) is 22.2 Å². The van der Waals surface area contributed by atoms with Gasteiger partial charge in [-0.05, 0) is 11.8 Å². The molecule has 6 heterocycles. The third-order valence-corrected chi connectivity index (χ3v) is 9.94. The van der Waals surface area contributed by atoms with Gasteiger partial charge in [0.25, 0.3) is 5.56 Å². The van der Waals surface area contributed by atoms with Crippen LogP contribution in [-0.2, 0) is 39.4 Å². The molecule has 0 amide bonds. The van der Waals surface area contributed by atoms with Gasteiger partial charge in [-0.1, -0.05) is 23.6 Å². The standard InChI is InChI=1S/C19H23N9O11P2S3/c20-13-12-15(23-4-22-13)28(19(31)44-12)10-2-7(8(36-10)3-35-40(32,33)42)38-41(34,43)39-17-6(29)1-9(37-17)27-5-24-11-14(27)25-18(21)26-16(11)30/h4-10,17,29H,1-3H2,(H,34,43)(H2,20,22,23)(H2,32,33,42)(H3,21,25,26,30)/t6?,7?,8-,9-,10-,17-,41?/m1/s1. The van der Waals surface area contributed by atoms with Crippen molar-refractivity contribution in [2.75, 3.05) is 18.1 Å². The minimum atomic E-state index is -4.27. The summed E-state index contributed by atoms with van der Waals surface area (Å²) < 4.78 is 42.4. The maximum Gasteiger partial charge on any atom is 0.383 e. The van der Waals surface area contributed by atoms with Gasteiger partial charge in [0.15, 0.2) is 23.1 Å². The van der Waals surface area contributed by atoms with Crippen molar-refractivity contribution in [3.05, 3.63) is 32.7 Å². The van der Waals surface area contributed by atoms with Gasteiger partial charge < -0.3 is 40.4 Å². The zero-order valence-electron chi connectivity index (χ0n) is 21.8. The van der Waals surface area contributed by atoms with E-state index in [-0.39, 0.29) is 41.4 Å². The Labute approximate surface area is 258 Å². The van der Waals surface area contributed by atoms with Crippen molar-refractivity contribution in [1.82, 2.24) is 34.1 Å². The highest BCUT2D eigenvalue weighted by atomic mass is 32.7. The fourth-order valence-electron chi connectivity index (χ4n) is 4.79. The molecule has 2 saturated heterocycles.